The number of aromatic nitrogens is 2. The fourth-order valence-corrected chi connectivity index (χ4v) is 4.61. The van der Waals surface area contributed by atoms with E-state index in [9.17, 15) is 28.1 Å². The summed E-state index contributed by atoms with van der Waals surface area (Å²) in [6, 6.07) is 15.3. The average Bonchev–Trinajstić information content (AvgIpc) is 3.40. The molecule has 2 atom stereocenters. The number of hydrogen-bond donors (Lipinski definition) is 2. The highest BCUT2D eigenvalue weighted by atomic mass is 19.4. The second kappa shape index (κ2) is 11.3. The van der Waals surface area contributed by atoms with Crippen LogP contribution in [0.5, 0.6) is 23.0 Å². The van der Waals surface area contributed by atoms with Crippen molar-refractivity contribution in [2.24, 2.45) is 0 Å². The predicted octanol–water partition coefficient (Wildman–Crippen LogP) is 6.51. The van der Waals surface area contributed by atoms with Crippen molar-refractivity contribution in [1.82, 2.24) is 9.78 Å². The van der Waals surface area contributed by atoms with E-state index in [-0.39, 0.29) is 28.6 Å². The lowest BCUT2D eigenvalue weighted by molar-refractivity contribution is -0.384. The molecule has 5 rings (SSSR count). The number of carbonyl (C=O) groups is 1. The fourth-order valence-electron chi connectivity index (χ4n) is 4.61. The molecule has 0 radical (unpaired) electrons. The van der Waals surface area contributed by atoms with E-state index in [0.717, 1.165) is 10.7 Å². The Kier molecular flexibility index (Phi) is 7.61. The maximum absolute atomic E-state index is 14.2. The minimum Gasteiger partial charge on any atom is -0.493 e. The smallest absolute Gasteiger partial charge is 0.410 e. The summed E-state index contributed by atoms with van der Waals surface area (Å²) in [5.41, 5.74) is -0.172. The number of carbonyl (C=O) groups excluding carboxylic acids is 1. The number of anilines is 2. The second-order valence-corrected chi connectivity index (χ2v) is 9.31. The highest BCUT2D eigenvalue weighted by molar-refractivity contribution is 6.03. The number of para-hydroxylation sites is 1. The van der Waals surface area contributed by atoms with Gasteiger partial charge in [0.1, 0.15) is 17.3 Å². The number of nitro benzene ring substituents is 1. The molecule has 2 N–H and O–H groups in total. The summed E-state index contributed by atoms with van der Waals surface area (Å²) in [5.74, 6) is 0.366. The van der Waals surface area contributed by atoms with Gasteiger partial charge in [-0.2, -0.15) is 18.3 Å². The zero-order valence-corrected chi connectivity index (χ0v) is 22.2. The van der Waals surface area contributed by atoms with Crippen LogP contribution >= 0.6 is 0 Å². The third-order valence-electron chi connectivity index (χ3n) is 6.57. The molecule has 1 aliphatic heterocycles. The molecule has 4 aromatic rings. The molecule has 42 heavy (non-hydrogen) atoms. The lowest BCUT2D eigenvalue weighted by Gasteiger charge is -2.33. The van der Waals surface area contributed by atoms with Crippen LogP contribution in [0.25, 0.3) is 0 Å². The standard InChI is InChI=1S/C28H24F3N5O6/c1-40-23-9-8-16(10-24(23)41-2)21-14-25(28(29,30)31)35-26(33-21)15-22(34-35)27(37)32-17-11-18(36(38)39)13-20(12-17)42-19-6-4-3-5-7-19/h3-13,15,21,25,33H,14H2,1-2H3,(H,32,37)/t21-,25-/m0/s1. The first-order chi connectivity index (χ1) is 20.0. The van der Waals surface area contributed by atoms with Crippen LogP contribution in [0, 0.1) is 10.1 Å². The zero-order chi connectivity index (χ0) is 30.0. The summed E-state index contributed by atoms with van der Waals surface area (Å²) in [7, 11) is 2.87. The van der Waals surface area contributed by atoms with E-state index in [1.54, 1.807) is 48.5 Å². The number of halogens is 3. The summed E-state index contributed by atoms with van der Waals surface area (Å²) in [5, 5.41) is 20.9. The van der Waals surface area contributed by atoms with E-state index >= 15 is 0 Å². The van der Waals surface area contributed by atoms with Gasteiger partial charge in [-0.15, -0.1) is 0 Å². The zero-order valence-electron chi connectivity index (χ0n) is 22.2. The summed E-state index contributed by atoms with van der Waals surface area (Å²) < 4.78 is 59.4. The number of nitrogens with one attached hydrogen (secondary N) is 2. The average molecular weight is 584 g/mol. The van der Waals surface area contributed by atoms with Crippen molar-refractivity contribution in [2.75, 3.05) is 24.9 Å². The molecule has 2 heterocycles. The Balaban J connectivity index is 1.43. The molecule has 1 aromatic heterocycles. The van der Waals surface area contributed by atoms with Gasteiger partial charge in [0.05, 0.1) is 36.9 Å². The molecule has 14 heteroatoms. The van der Waals surface area contributed by atoms with Crippen molar-refractivity contribution in [1.29, 1.82) is 0 Å². The largest absolute Gasteiger partial charge is 0.493 e. The van der Waals surface area contributed by atoms with Gasteiger partial charge in [-0.1, -0.05) is 24.3 Å². The Hall–Kier alpha value is -5.27. The molecule has 0 saturated carbocycles. The Morgan fingerprint density at radius 3 is 2.43 bits per heavy atom. The molecule has 0 unspecified atom stereocenters. The number of rotatable bonds is 8. The van der Waals surface area contributed by atoms with E-state index in [1.165, 1.54) is 32.4 Å². The first-order valence-electron chi connectivity index (χ1n) is 12.5. The van der Waals surface area contributed by atoms with Crippen LogP contribution in [0.15, 0.2) is 72.8 Å². The molecule has 1 amide bonds. The van der Waals surface area contributed by atoms with Crippen LogP contribution in [0.3, 0.4) is 0 Å². The topological polar surface area (TPSA) is 130 Å². The normalized spacial score (nSPS) is 16.1. The van der Waals surface area contributed by atoms with Crippen molar-refractivity contribution in [3.8, 4) is 23.0 Å². The number of methoxy groups -OCH3 is 2. The molecular weight excluding hydrogens is 559 g/mol. The highest BCUT2D eigenvalue weighted by Gasteiger charge is 2.47. The van der Waals surface area contributed by atoms with E-state index < -0.39 is 35.5 Å². The predicted molar refractivity (Wildman–Crippen MR) is 145 cm³/mol. The van der Waals surface area contributed by atoms with E-state index in [1.807, 2.05) is 0 Å². The van der Waals surface area contributed by atoms with Gasteiger partial charge >= 0.3 is 6.18 Å². The van der Waals surface area contributed by atoms with Crippen molar-refractivity contribution in [3.05, 3.63) is 94.2 Å². The van der Waals surface area contributed by atoms with Crippen LogP contribution in [0.2, 0.25) is 0 Å². The first kappa shape index (κ1) is 28.3. The summed E-state index contributed by atoms with van der Waals surface area (Å²) in [4.78, 5) is 23.9. The highest BCUT2D eigenvalue weighted by Crippen LogP contribution is 2.45. The van der Waals surface area contributed by atoms with Gasteiger partial charge in [-0.25, -0.2) is 4.68 Å². The molecule has 11 nitrogen and oxygen atoms in total. The monoisotopic (exact) mass is 583 g/mol. The third kappa shape index (κ3) is 5.92. The number of alkyl halides is 3. The number of benzene rings is 3. The summed E-state index contributed by atoms with van der Waals surface area (Å²) in [6.07, 6.45) is -5.07. The van der Waals surface area contributed by atoms with E-state index in [4.69, 9.17) is 14.2 Å². The molecule has 218 valence electrons. The minimum absolute atomic E-state index is 0.00496. The number of ether oxygens (including phenoxy) is 3. The molecule has 0 fully saturated rings. The van der Waals surface area contributed by atoms with Crippen LogP contribution in [0.1, 0.15) is 34.6 Å². The van der Waals surface area contributed by atoms with Gasteiger partial charge in [0.15, 0.2) is 23.2 Å². The Labute approximate surface area is 237 Å². The maximum Gasteiger partial charge on any atom is 0.410 e. The fraction of sp³-hybridized carbons (Fsp3) is 0.214. The number of non-ortho nitro benzene ring substituents is 1. The molecule has 0 saturated heterocycles. The molecule has 0 spiro atoms. The SMILES string of the molecule is COc1ccc([C@@H]2C[C@@H](C(F)(F)F)n3nc(C(=O)Nc4cc(Oc5ccccc5)cc([N+](=O)[O-])c4)cc3N2)cc1OC. The van der Waals surface area contributed by atoms with Gasteiger partial charge in [-0.05, 0) is 29.8 Å². The lowest BCUT2D eigenvalue weighted by atomic mass is 9.96. The van der Waals surface area contributed by atoms with Crippen LogP contribution in [-0.2, 0) is 0 Å². The number of hydrogen-bond acceptors (Lipinski definition) is 8. The van der Waals surface area contributed by atoms with E-state index in [0.29, 0.717) is 22.8 Å². The second-order valence-electron chi connectivity index (χ2n) is 9.31. The molecule has 3 aromatic carbocycles. The first-order valence-corrected chi connectivity index (χ1v) is 12.5. The minimum atomic E-state index is -4.67. The van der Waals surface area contributed by atoms with Crippen LogP contribution in [0.4, 0.5) is 30.4 Å². The number of amides is 1. The van der Waals surface area contributed by atoms with Gasteiger partial charge in [-0.3, -0.25) is 14.9 Å². The lowest BCUT2D eigenvalue weighted by Crippen LogP contribution is -2.35. The quantitative estimate of drug-likeness (QED) is 0.177. The summed E-state index contributed by atoms with van der Waals surface area (Å²) in [6.45, 7) is 0. The van der Waals surface area contributed by atoms with Crippen molar-refractivity contribution < 1.29 is 37.1 Å². The molecule has 0 aliphatic carbocycles. The number of nitro groups is 1. The van der Waals surface area contributed by atoms with Gasteiger partial charge in [0.25, 0.3) is 11.6 Å². The van der Waals surface area contributed by atoms with Crippen molar-refractivity contribution in [2.45, 2.75) is 24.7 Å². The third-order valence-corrected chi connectivity index (χ3v) is 6.57. The van der Waals surface area contributed by atoms with E-state index in [2.05, 4.69) is 15.7 Å². The van der Waals surface area contributed by atoms with Gasteiger partial charge in [0.2, 0.25) is 0 Å². The Morgan fingerprint density at radius 2 is 1.76 bits per heavy atom. The number of fused-ring (bicyclic) bond motifs is 1. The van der Waals surface area contributed by atoms with Crippen molar-refractivity contribution in [3.63, 3.8) is 0 Å². The molecular formula is C28H24F3N5O6. The summed E-state index contributed by atoms with van der Waals surface area (Å²) >= 11 is 0. The Morgan fingerprint density at radius 1 is 1.02 bits per heavy atom. The van der Waals surface area contributed by atoms with Crippen LogP contribution in [-0.4, -0.2) is 41.0 Å². The van der Waals surface area contributed by atoms with Crippen LogP contribution < -0.4 is 24.8 Å². The molecule has 1 aliphatic rings. The van der Waals surface area contributed by atoms with Gasteiger partial charge in [0, 0.05) is 24.6 Å². The maximum atomic E-state index is 14.2. The Bertz CT molecular complexity index is 1630. The van der Waals surface area contributed by atoms with Crippen molar-refractivity contribution >= 4 is 23.1 Å². The van der Waals surface area contributed by atoms with Gasteiger partial charge < -0.3 is 24.8 Å². The number of nitrogens with zero attached hydrogens (tertiary/aromatic N) is 3. The molecule has 0 bridgehead atoms.